The minimum atomic E-state index is -0.640. The van der Waals surface area contributed by atoms with E-state index in [1.165, 1.54) is 13.0 Å². The van der Waals surface area contributed by atoms with Gasteiger partial charge in [0, 0.05) is 27.8 Å². The van der Waals surface area contributed by atoms with E-state index in [2.05, 4.69) is 13.2 Å². The fourth-order valence-corrected chi connectivity index (χ4v) is 3.15. The van der Waals surface area contributed by atoms with Gasteiger partial charge in [-0.1, -0.05) is 45.2 Å². The molecule has 194 valence electrons. The van der Waals surface area contributed by atoms with E-state index in [0.29, 0.717) is 28.2 Å². The average molecular weight is 513 g/mol. The molecule has 0 saturated heterocycles. The van der Waals surface area contributed by atoms with E-state index < -0.39 is 11.9 Å². The summed E-state index contributed by atoms with van der Waals surface area (Å²) in [7, 11) is 0. The molecule has 0 atom stereocenters. The Hall–Kier alpha value is -4.78. The molecule has 0 unspecified atom stereocenters. The monoisotopic (exact) mass is 512 g/mol. The molecule has 0 N–H and O–H groups in total. The first-order chi connectivity index (χ1) is 18.0. The molecule has 0 spiro atoms. The van der Waals surface area contributed by atoms with Crippen molar-refractivity contribution < 1.29 is 33.4 Å². The van der Waals surface area contributed by atoms with E-state index in [-0.39, 0.29) is 40.1 Å². The summed E-state index contributed by atoms with van der Waals surface area (Å²) < 4.78 is 16.0. The van der Waals surface area contributed by atoms with Gasteiger partial charge in [0.2, 0.25) is 0 Å². The summed E-state index contributed by atoms with van der Waals surface area (Å²) in [6, 6.07) is 17.6. The third-order valence-corrected chi connectivity index (χ3v) is 5.33. The Morgan fingerprint density at radius 3 is 1.71 bits per heavy atom. The summed E-state index contributed by atoms with van der Waals surface area (Å²) >= 11 is 0. The average Bonchev–Trinajstić information content (AvgIpc) is 2.89. The van der Waals surface area contributed by atoms with Gasteiger partial charge in [-0.05, 0) is 67.9 Å². The smallest absolute Gasteiger partial charge is 0.338 e. The molecule has 7 heteroatoms. The van der Waals surface area contributed by atoms with Crippen LogP contribution in [0.4, 0.5) is 0 Å². The lowest BCUT2D eigenvalue weighted by molar-refractivity contribution is -0.137. The van der Waals surface area contributed by atoms with Crippen LogP contribution < -0.4 is 14.2 Å². The van der Waals surface area contributed by atoms with Crippen molar-refractivity contribution in [3.8, 4) is 28.4 Å². The molecule has 0 aliphatic heterocycles. The number of carbonyl (C=O) groups excluding carboxylic acids is 4. The zero-order chi connectivity index (χ0) is 28.0. The number of carbonyl (C=O) groups is 4. The zero-order valence-corrected chi connectivity index (χ0v) is 21.7. The number of ketones is 1. The van der Waals surface area contributed by atoms with Crippen LogP contribution in [0, 0.1) is 5.92 Å². The lowest BCUT2D eigenvalue weighted by Gasteiger charge is -2.13. The number of esters is 3. The normalized spacial score (nSPS) is 10.4. The van der Waals surface area contributed by atoms with Gasteiger partial charge < -0.3 is 14.2 Å². The quantitative estimate of drug-likeness (QED) is 0.148. The van der Waals surface area contributed by atoms with Gasteiger partial charge in [-0.15, -0.1) is 0 Å². The summed E-state index contributed by atoms with van der Waals surface area (Å²) in [6.45, 7) is 13.7. The van der Waals surface area contributed by atoms with Gasteiger partial charge in [0.25, 0.3) is 0 Å². The van der Waals surface area contributed by atoms with E-state index in [1.54, 1.807) is 81.4 Å². The van der Waals surface area contributed by atoms with Gasteiger partial charge in [-0.3, -0.25) is 9.59 Å². The molecule has 0 heterocycles. The molecular formula is C31H28O7. The van der Waals surface area contributed by atoms with Crippen LogP contribution in [0.25, 0.3) is 11.1 Å². The van der Waals surface area contributed by atoms with Crippen LogP contribution in [0.1, 0.15) is 43.6 Å². The molecule has 7 nitrogen and oxygen atoms in total. The molecule has 0 aliphatic carbocycles. The van der Waals surface area contributed by atoms with Crippen molar-refractivity contribution in [2.75, 3.05) is 0 Å². The van der Waals surface area contributed by atoms with Crippen LogP contribution in [0.5, 0.6) is 17.2 Å². The van der Waals surface area contributed by atoms with Gasteiger partial charge in [0.15, 0.2) is 5.78 Å². The van der Waals surface area contributed by atoms with Crippen molar-refractivity contribution in [3.05, 3.63) is 102 Å². The molecule has 3 aromatic rings. The fourth-order valence-electron chi connectivity index (χ4n) is 3.15. The van der Waals surface area contributed by atoms with E-state index in [0.717, 1.165) is 0 Å². The Morgan fingerprint density at radius 1 is 0.658 bits per heavy atom. The van der Waals surface area contributed by atoms with Crippen molar-refractivity contribution in [2.24, 2.45) is 5.92 Å². The first-order valence-electron chi connectivity index (χ1n) is 11.8. The van der Waals surface area contributed by atoms with Crippen LogP contribution in [0.2, 0.25) is 0 Å². The van der Waals surface area contributed by atoms with Crippen molar-refractivity contribution in [1.82, 2.24) is 0 Å². The predicted octanol–water partition coefficient (Wildman–Crippen LogP) is 6.11. The SMILES string of the molecule is C=C(C)C(=O)Oc1ccc(-c2ccc(C(=O)c3ccc(OC(=O)C(C)C)cc3)cc2OC(=O)C(=C)C)cc1. The standard InChI is InChI=1S/C31H28O7/c1-18(2)29(33)36-24-12-7-21(8-13-24)26-16-11-23(17-27(26)38-31(35)20(5)6)28(32)22-9-14-25(15-10-22)37-30(34)19(3)4/h7-17,19H,1,5H2,2-4,6H3. The number of hydrogen-bond acceptors (Lipinski definition) is 7. The summed E-state index contributed by atoms with van der Waals surface area (Å²) in [5.41, 5.74) is 2.33. The van der Waals surface area contributed by atoms with Crippen LogP contribution >= 0.6 is 0 Å². The molecule has 0 radical (unpaired) electrons. The highest BCUT2D eigenvalue weighted by Gasteiger charge is 2.18. The van der Waals surface area contributed by atoms with Gasteiger partial charge in [0.05, 0.1) is 5.92 Å². The fraction of sp³-hybridized carbons (Fsp3) is 0.161. The van der Waals surface area contributed by atoms with Crippen molar-refractivity contribution >= 4 is 23.7 Å². The van der Waals surface area contributed by atoms with E-state index >= 15 is 0 Å². The molecular weight excluding hydrogens is 484 g/mol. The topological polar surface area (TPSA) is 96.0 Å². The van der Waals surface area contributed by atoms with E-state index in [1.807, 2.05) is 0 Å². The Kier molecular flexibility index (Phi) is 8.76. The predicted molar refractivity (Wildman–Crippen MR) is 143 cm³/mol. The van der Waals surface area contributed by atoms with Gasteiger partial charge in [-0.2, -0.15) is 0 Å². The molecule has 0 fully saturated rings. The maximum atomic E-state index is 13.2. The lowest BCUT2D eigenvalue weighted by atomic mass is 9.98. The van der Waals surface area contributed by atoms with Crippen LogP contribution in [-0.4, -0.2) is 23.7 Å². The maximum Gasteiger partial charge on any atom is 0.338 e. The molecule has 0 bridgehead atoms. The first kappa shape index (κ1) is 27.8. The number of ether oxygens (including phenoxy) is 3. The summed E-state index contributed by atoms with van der Waals surface area (Å²) in [5.74, 6) is -1.31. The Morgan fingerprint density at radius 2 is 1.16 bits per heavy atom. The first-order valence-corrected chi connectivity index (χ1v) is 11.8. The Bertz CT molecular complexity index is 1410. The number of hydrogen-bond donors (Lipinski definition) is 0. The van der Waals surface area contributed by atoms with Crippen LogP contribution in [0.3, 0.4) is 0 Å². The highest BCUT2D eigenvalue weighted by Crippen LogP contribution is 2.33. The molecule has 0 aromatic heterocycles. The third-order valence-electron chi connectivity index (χ3n) is 5.33. The number of rotatable bonds is 9. The van der Waals surface area contributed by atoms with Crippen molar-refractivity contribution in [1.29, 1.82) is 0 Å². The highest BCUT2D eigenvalue weighted by atomic mass is 16.5. The molecule has 3 rings (SSSR count). The molecule has 0 amide bonds. The minimum Gasteiger partial charge on any atom is -0.426 e. The summed E-state index contributed by atoms with van der Waals surface area (Å²) in [5, 5.41) is 0. The van der Waals surface area contributed by atoms with Crippen LogP contribution in [-0.2, 0) is 14.4 Å². The molecule has 3 aromatic carbocycles. The van der Waals surface area contributed by atoms with E-state index in [4.69, 9.17) is 14.2 Å². The van der Waals surface area contributed by atoms with E-state index in [9.17, 15) is 19.2 Å². The van der Waals surface area contributed by atoms with Crippen molar-refractivity contribution in [3.63, 3.8) is 0 Å². The second-order valence-corrected chi connectivity index (χ2v) is 9.00. The van der Waals surface area contributed by atoms with Crippen molar-refractivity contribution in [2.45, 2.75) is 27.7 Å². The summed E-state index contributed by atoms with van der Waals surface area (Å²) in [4.78, 5) is 49.1. The lowest BCUT2D eigenvalue weighted by Crippen LogP contribution is -2.14. The molecule has 0 aliphatic rings. The minimum absolute atomic E-state index is 0.165. The molecule has 38 heavy (non-hydrogen) atoms. The Labute approximate surface area is 221 Å². The maximum absolute atomic E-state index is 13.2. The second-order valence-electron chi connectivity index (χ2n) is 9.00. The Balaban J connectivity index is 1.91. The van der Waals surface area contributed by atoms with Gasteiger partial charge in [0.1, 0.15) is 17.2 Å². The second kappa shape index (κ2) is 12.0. The van der Waals surface area contributed by atoms with Gasteiger partial charge >= 0.3 is 17.9 Å². The summed E-state index contributed by atoms with van der Waals surface area (Å²) in [6.07, 6.45) is 0. The van der Waals surface area contributed by atoms with Crippen LogP contribution in [0.15, 0.2) is 91.0 Å². The zero-order valence-electron chi connectivity index (χ0n) is 21.7. The third kappa shape index (κ3) is 6.91. The highest BCUT2D eigenvalue weighted by molar-refractivity contribution is 6.09. The largest absolute Gasteiger partial charge is 0.426 e. The number of benzene rings is 3. The molecule has 0 saturated carbocycles. The van der Waals surface area contributed by atoms with Gasteiger partial charge in [-0.25, -0.2) is 9.59 Å².